The summed E-state index contributed by atoms with van der Waals surface area (Å²) in [6.45, 7) is 0. The van der Waals surface area contributed by atoms with Gasteiger partial charge in [0.1, 0.15) is 5.75 Å². The zero-order valence-corrected chi connectivity index (χ0v) is 18.3. The highest BCUT2D eigenvalue weighted by molar-refractivity contribution is 7.92. The van der Waals surface area contributed by atoms with E-state index in [4.69, 9.17) is 27.9 Å². The number of carbonyl (C=O) groups is 1. The van der Waals surface area contributed by atoms with E-state index in [2.05, 4.69) is 4.72 Å². The number of anilines is 1. The Hall–Kier alpha value is -2.17. The van der Waals surface area contributed by atoms with E-state index in [1.165, 1.54) is 37.4 Å². The maximum Gasteiger partial charge on any atom is 0.471 e. The maximum atomic E-state index is 13.0. The van der Waals surface area contributed by atoms with E-state index in [1.807, 2.05) is 5.32 Å². The van der Waals surface area contributed by atoms with Gasteiger partial charge in [-0.25, -0.2) is 8.42 Å². The normalized spacial score (nSPS) is 16.4. The van der Waals surface area contributed by atoms with E-state index in [0.717, 1.165) is 0 Å². The van der Waals surface area contributed by atoms with Crippen LogP contribution in [0.5, 0.6) is 5.75 Å². The highest BCUT2D eigenvalue weighted by Crippen LogP contribution is 2.36. The third-order valence-electron chi connectivity index (χ3n) is 4.76. The molecule has 2 N–H and O–H groups in total. The van der Waals surface area contributed by atoms with Gasteiger partial charge in [-0.2, -0.15) is 13.2 Å². The van der Waals surface area contributed by atoms with Gasteiger partial charge in [0.25, 0.3) is 10.0 Å². The number of ether oxygens (including phenoxy) is 1. The summed E-state index contributed by atoms with van der Waals surface area (Å²) in [5, 5.41) is 2.43. The molecule has 2 aromatic rings. The summed E-state index contributed by atoms with van der Waals surface area (Å²) in [6, 6.07) is 6.21. The lowest BCUT2D eigenvalue weighted by molar-refractivity contribution is -0.174. The van der Waals surface area contributed by atoms with Crippen LogP contribution in [0.3, 0.4) is 0 Å². The van der Waals surface area contributed by atoms with Crippen LogP contribution in [-0.4, -0.2) is 33.7 Å². The number of benzene rings is 2. The lowest BCUT2D eigenvalue weighted by Crippen LogP contribution is -2.45. The minimum absolute atomic E-state index is 0.00726. The number of methoxy groups -OCH3 is 1. The molecule has 0 saturated carbocycles. The van der Waals surface area contributed by atoms with Gasteiger partial charge >= 0.3 is 12.1 Å². The van der Waals surface area contributed by atoms with E-state index >= 15 is 0 Å². The molecule has 0 radical (unpaired) electrons. The minimum atomic E-state index is -5.00. The Labute approximate surface area is 186 Å². The molecule has 1 aliphatic carbocycles. The Morgan fingerprint density at radius 1 is 1.13 bits per heavy atom. The van der Waals surface area contributed by atoms with E-state index in [1.54, 1.807) is 0 Å². The van der Waals surface area contributed by atoms with E-state index in [0.29, 0.717) is 16.9 Å². The molecule has 0 heterocycles. The summed E-state index contributed by atoms with van der Waals surface area (Å²) in [6.07, 6.45) is -4.75. The van der Waals surface area contributed by atoms with Crippen molar-refractivity contribution in [1.29, 1.82) is 0 Å². The maximum absolute atomic E-state index is 13.0. The first-order chi connectivity index (χ1) is 14.4. The van der Waals surface area contributed by atoms with Crippen molar-refractivity contribution in [2.75, 3.05) is 11.8 Å². The molecule has 168 valence electrons. The summed E-state index contributed by atoms with van der Waals surface area (Å²) in [4.78, 5) is 11.2. The van der Waals surface area contributed by atoms with Crippen molar-refractivity contribution in [1.82, 2.24) is 5.32 Å². The van der Waals surface area contributed by atoms with Crippen molar-refractivity contribution in [3.63, 3.8) is 0 Å². The van der Waals surface area contributed by atoms with Gasteiger partial charge in [-0.15, -0.1) is 0 Å². The van der Waals surface area contributed by atoms with Gasteiger partial charge in [0.05, 0.1) is 17.7 Å². The monoisotopic (exact) mass is 496 g/mol. The van der Waals surface area contributed by atoms with Crippen LogP contribution in [0, 0.1) is 0 Å². The van der Waals surface area contributed by atoms with Gasteiger partial charge in [-0.1, -0.05) is 23.2 Å². The molecule has 12 heteroatoms. The lowest BCUT2D eigenvalue weighted by Gasteiger charge is -2.28. The Kier molecular flexibility index (Phi) is 6.64. The molecular formula is C19H17Cl2F3N2O4S. The predicted octanol–water partition coefficient (Wildman–Crippen LogP) is 4.34. The Morgan fingerprint density at radius 3 is 2.35 bits per heavy atom. The number of fused-ring (bicyclic) bond motifs is 1. The summed E-state index contributed by atoms with van der Waals surface area (Å²) in [5.74, 6) is -1.71. The second-order valence-electron chi connectivity index (χ2n) is 6.90. The third-order valence-corrected chi connectivity index (χ3v) is 6.66. The van der Waals surface area contributed by atoms with Crippen molar-refractivity contribution in [3.8, 4) is 5.75 Å². The Balaban J connectivity index is 1.94. The van der Waals surface area contributed by atoms with Crippen molar-refractivity contribution >= 4 is 44.8 Å². The number of amides is 1. The fourth-order valence-electron chi connectivity index (χ4n) is 3.47. The average Bonchev–Trinajstić information content (AvgIpc) is 2.64. The number of alkyl halides is 3. The summed E-state index contributed by atoms with van der Waals surface area (Å²) in [5.41, 5.74) is 0.999. The molecule has 2 aromatic carbocycles. The fraction of sp³-hybridized carbons (Fsp3) is 0.316. The molecule has 1 atom stereocenters. The number of hydrogen-bond donors (Lipinski definition) is 2. The Morgan fingerprint density at radius 2 is 1.77 bits per heavy atom. The molecule has 1 aliphatic rings. The zero-order chi connectivity index (χ0) is 23.0. The van der Waals surface area contributed by atoms with Crippen LogP contribution in [0.25, 0.3) is 0 Å². The first kappa shape index (κ1) is 23.5. The van der Waals surface area contributed by atoms with Gasteiger partial charge in [-0.3, -0.25) is 9.52 Å². The number of rotatable bonds is 5. The first-order valence-corrected chi connectivity index (χ1v) is 11.2. The molecule has 0 bridgehead atoms. The molecule has 0 aromatic heterocycles. The molecule has 31 heavy (non-hydrogen) atoms. The number of carbonyl (C=O) groups excluding carboxylic acids is 1. The van der Waals surface area contributed by atoms with Crippen LogP contribution < -0.4 is 14.8 Å². The van der Waals surface area contributed by atoms with Gasteiger partial charge in [0.2, 0.25) is 0 Å². The second kappa shape index (κ2) is 8.76. The molecule has 0 aliphatic heterocycles. The largest absolute Gasteiger partial charge is 0.496 e. The van der Waals surface area contributed by atoms with Crippen LogP contribution in [0.15, 0.2) is 35.2 Å². The molecule has 3 rings (SSSR count). The SMILES string of the molecule is COc1ccc(S(=O)(=O)Nc2cc(Cl)cc(Cl)c2)c2c1C[C@@H](NC(=O)C(F)(F)F)CC2. The molecule has 1 amide bonds. The summed E-state index contributed by atoms with van der Waals surface area (Å²) >= 11 is 11.8. The first-order valence-electron chi connectivity index (χ1n) is 8.96. The van der Waals surface area contributed by atoms with Gasteiger partial charge < -0.3 is 10.1 Å². The highest BCUT2D eigenvalue weighted by atomic mass is 35.5. The predicted molar refractivity (Wildman–Crippen MR) is 110 cm³/mol. The molecule has 0 unspecified atom stereocenters. The van der Waals surface area contributed by atoms with Crippen LogP contribution >= 0.6 is 23.2 Å². The van der Waals surface area contributed by atoms with E-state index in [9.17, 15) is 26.4 Å². The van der Waals surface area contributed by atoms with Crippen LogP contribution in [0.1, 0.15) is 17.5 Å². The van der Waals surface area contributed by atoms with Crippen molar-refractivity contribution < 1.29 is 31.1 Å². The summed E-state index contributed by atoms with van der Waals surface area (Å²) in [7, 11) is -2.70. The second-order valence-corrected chi connectivity index (χ2v) is 9.42. The quantitative estimate of drug-likeness (QED) is 0.644. The molecule has 0 fully saturated rings. The van der Waals surface area contributed by atoms with Crippen molar-refractivity contribution in [2.24, 2.45) is 0 Å². The van der Waals surface area contributed by atoms with Crippen molar-refractivity contribution in [3.05, 3.63) is 51.5 Å². The van der Waals surface area contributed by atoms with Gasteiger partial charge in [0.15, 0.2) is 0 Å². The number of sulfonamides is 1. The minimum Gasteiger partial charge on any atom is -0.496 e. The highest BCUT2D eigenvalue weighted by Gasteiger charge is 2.40. The van der Waals surface area contributed by atoms with Crippen LogP contribution in [0.2, 0.25) is 10.0 Å². The number of nitrogens with one attached hydrogen (secondary N) is 2. The Bertz CT molecular complexity index is 1100. The average molecular weight is 497 g/mol. The summed E-state index contributed by atoms with van der Waals surface area (Å²) < 4.78 is 71.5. The molecule has 6 nitrogen and oxygen atoms in total. The lowest BCUT2D eigenvalue weighted by atomic mass is 9.87. The van der Waals surface area contributed by atoms with Gasteiger partial charge in [-0.05, 0) is 55.2 Å². The number of halogens is 5. The van der Waals surface area contributed by atoms with E-state index in [-0.39, 0.29) is 39.9 Å². The van der Waals surface area contributed by atoms with Gasteiger partial charge in [0, 0.05) is 21.7 Å². The fourth-order valence-corrected chi connectivity index (χ4v) is 5.33. The standard InChI is InChI=1S/C19H17Cl2F3N2O4S/c1-30-16-4-5-17(31(28,29)26-13-7-10(20)6-11(21)8-13)14-3-2-12(9-15(14)16)25-18(27)19(22,23)24/h4-8,12,26H,2-3,9H2,1H3,(H,25,27)/t12-/m0/s1. The zero-order valence-electron chi connectivity index (χ0n) is 16.0. The smallest absolute Gasteiger partial charge is 0.471 e. The van der Waals surface area contributed by atoms with Crippen LogP contribution in [0.4, 0.5) is 18.9 Å². The van der Waals surface area contributed by atoms with Crippen molar-refractivity contribution in [2.45, 2.75) is 36.4 Å². The molecule has 0 spiro atoms. The van der Waals surface area contributed by atoms with Crippen LogP contribution in [-0.2, 0) is 27.7 Å². The molecule has 0 saturated heterocycles. The topological polar surface area (TPSA) is 84.5 Å². The molecular weight excluding hydrogens is 480 g/mol. The van der Waals surface area contributed by atoms with E-state index < -0.39 is 28.1 Å². The third kappa shape index (κ3) is 5.36. The number of hydrogen-bond acceptors (Lipinski definition) is 4.